The Morgan fingerprint density at radius 1 is 1.14 bits per heavy atom. The van der Waals surface area contributed by atoms with Gasteiger partial charge >= 0.3 is 6.18 Å². The van der Waals surface area contributed by atoms with E-state index in [4.69, 9.17) is 11.5 Å². The zero-order valence-electron chi connectivity index (χ0n) is 11.2. The first-order valence-electron chi connectivity index (χ1n) is 6.25. The zero-order valence-corrected chi connectivity index (χ0v) is 11.2. The van der Waals surface area contributed by atoms with E-state index >= 15 is 0 Å². The Balaban J connectivity index is 2.14. The van der Waals surface area contributed by atoms with Crippen LogP contribution in [0.5, 0.6) is 0 Å². The van der Waals surface area contributed by atoms with Crippen LogP contribution in [0.25, 0.3) is 22.2 Å². The minimum Gasteiger partial charge on any atom is -0.398 e. The van der Waals surface area contributed by atoms with E-state index < -0.39 is 12.7 Å². The fraction of sp³-hybridized carbons (Fsp3) is 0.154. The lowest BCUT2D eigenvalue weighted by molar-refractivity contribution is -0.142. The Hall–Kier alpha value is -2.84. The third-order valence-corrected chi connectivity index (χ3v) is 3.02. The molecule has 0 bridgehead atoms. The average Bonchev–Trinajstić information content (AvgIpc) is 2.83. The first-order valence-corrected chi connectivity index (χ1v) is 6.25. The van der Waals surface area contributed by atoms with Crippen LogP contribution in [0.15, 0.2) is 30.6 Å². The van der Waals surface area contributed by atoms with Crippen molar-refractivity contribution in [3.8, 4) is 11.3 Å². The van der Waals surface area contributed by atoms with Crippen molar-refractivity contribution in [1.82, 2.24) is 19.7 Å². The van der Waals surface area contributed by atoms with Gasteiger partial charge in [-0.3, -0.25) is 4.68 Å². The van der Waals surface area contributed by atoms with Gasteiger partial charge in [-0.25, -0.2) is 9.97 Å². The van der Waals surface area contributed by atoms with Gasteiger partial charge in [0.25, 0.3) is 0 Å². The van der Waals surface area contributed by atoms with Crippen molar-refractivity contribution in [2.45, 2.75) is 12.7 Å². The molecule has 0 saturated heterocycles. The molecule has 22 heavy (non-hydrogen) atoms. The molecule has 0 unspecified atom stereocenters. The number of rotatable bonds is 2. The number of hydrogen-bond acceptors (Lipinski definition) is 5. The second-order valence-corrected chi connectivity index (χ2v) is 4.71. The van der Waals surface area contributed by atoms with Gasteiger partial charge in [0.1, 0.15) is 6.54 Å². The Morgan fingerprint density at radius 2 is 1.91 bits per heavy atom. The summed E-state index contributed by atoms with van der Waals surface area (Å²) in [5.74, 6) is 0.0108. The predicted octanol–water partition coefficient (Wildman–Crippen LogP) is 2.22. The summed E-state index contributed by atoms with van der Waals surface area (Å²) < 4.78 is 38.0. The molecular formula is C13H11F3N6. The first kappa shape index (κ1) is 14.1. The fourth-order valence-electron chi connectivity index (χ4n) is 2.19. The summed E-state index contributed by atoms with van der Waals surface area (Å²) in [6.07, 6.45) is -1.81. The molecule has 3 aromatic rings. The summed E-state index contributed by atoms with van der Waals surface area (Å²) in [5, 5.41) is 4.23. The van der Waals surface area contributed by atoms with Crippen molar-refractivity contribution in [3.05, 3.63) is 30.6 Å². The summed E-state index contributed by atoms with van der Waals surface area (Å²) in [7, 11) is 0. The van der Waals surface area contributed by atoms with E-state index in [2.05, 4.69) is 15.1 Å². The molecule has 0 aliphatic heterocycles. The summed E-state index contributed by atoms with van der Waals surface area (Å²) in [6.45, 7) is -1.18. The maximum atomic E-state index is 12.4. The van der Waals surface area contributed by atoms with Crippen LogP contribution in [0.4, 0.5) is 24.8 Å². The van der Waals surface area contributed by atoms with E-state index in [1.165, 1.54) is 12.4 Å². The fourth-order valence-corrected chi connectivity index (χ4v) is 2.19. The molecule has 0 aliphatic rings. The average molecular weight is 308 g/mol. The van der Waals surface area contributed by atoms with Crippen LogP contribution in [-0.2, 0) is 6.54 Å². The van der Waals surface area contributed by atoms with Crippen LogP contribution in [-0.4, -0.2) is 25.9 Å². The molecule has 6 nitrogen and oxygen atoms in total. The third kappa shape index (κ3) is 2.65. The Labute approximate surface area is 122 Å². The van der Waals surface area contributed by atoms with Gasteiger partial charge in [0.05, 0.1) is 17.4 Å². The van der Waals surface area contributed by atoms with Gasteiger partial charge in [0.2, 0.25) is 5.95 Å². The maximum absolute atomic E-state index is 12.4. The first-order chi connectivity index (χ1) is 10.3. The predicted molar refractivity (Wildman–Crippen MR) is 75.6 cm³/mol. The number of nitrogens with two attached hydrogens (primary N) is 2. The van der Waals surface area contributed by atoms with Gasteiger partial charge in [-0.15, -0.1) is 0 Å². The Bertz CT molecular complexity index is 839. The maximum Gasteiger partial charge on any atom is 0.408 e. The quantitative estimate of drug-likeness (QED) is 0.708. The Kier molecular flexibility index (Phi) is 3.12. The molecule has 0 atom stereocenters. The van der Waals surface area contributed by atoms with Crippen LogP contribution in [0.2, 0.25) is 0 Å². The van der Waals surface area contributed by atoms with Gasteiger partial charge < -0.3 is 11.5 Å². The van der Waals surface area contributed by atoms with Gasteiger partial charge in [-0.2, -0.15) is 18.3 Å². The van der Waals surface area contributed by atoms with Crippen LogP contribution in [0.1, 0.15) is 0 Å². The SMILES string of the molecule is Nc1nc(-c2cnn(CC(F)(F)F)c2)c2c(N)cccc2n1. The minimum absolute atomic E-state index is 0.0108. The van der Waals surface area contributed by atoms with Gasteiger partial charge in [0, 0.05) is 22.8 Å². The summed E-state index contributed by atoms with van der Waals surface area (Å²) in [4.78, 5) is 8.16. The van der Waals surface area contributed by atoms with E-state index in [0.29, 0.717) is 27.8 Å². The number of fused-ring (bicyclic) bond motifs is 1. The molecule has 3 rings (SSSR count). The van der Waals surface area contributed by atoms with Crippen molar-refractivity contribution in [1.29, 1.82) is 0 Å². The third-order valence-electron chi connectivity index (χ3n) is 3.02. The topological polar surface area (TPSA) is 95.6 Å². The highest BCUT2D eigenvalue weighted by molar-refractivity contribution is 6.01. The van der Waals surface area contributed by atoms with Crippen molar-refractivity contribution >= 4 is 22.5 Å². The minimum atomic E-state index is -4.35. The molecule has 9 heteroatoms. The molecule has 0 aliphatic carbocycles. The zero-order chi connectivity index (χ0) is 15.9. The van der Waals surface area contributed by atoms with Crippen LogP contribution >= 0.6 is 0 Å². The largest absolute Gasteiger partial charge is 0.408 e. The number of benzene rings is 1. The number of halogens is 3. The Morgan fingerprint density at radius 3 is 2.64 bits per heavy atom. The van der Waals surface area contributed by atoms with E-state index in [1.807, 2.05) is 0 Å². The van der Waals surface area contributed by atoms with E-state index in [9.17, 15) is 13.2 Å². The monoisotopic (exact) mass is 308 g/mol. The van der Waals surface area contributed by atoms with Crippen molar-refractivity contribution in [3.63, 3.8) is 0 Å². The van der Waals surface area contributed by atoms with Crippen molar-refractivity contribution in [2.24, 2.45) is 0 Å². The lowest BCUT2D eigenvalue weighted by Crippen LogP contribution is -2.17. The van der Waals surface area contributed by atoms with Crippen molar-refractivity contribution < 1.29 is 13.2 Å². The molecule has 2 heterocycles. The molecule has 0 saturated carbocycles. The second-order valence-electron chi connectivity index (χ2n) is 4.71. The van der Waals surface area contributed by atoms with Gasteiger partial charge in [-0.1, -0.05) is 6.07 Å². The molecule has 4 N–H and O–H groups in total. The number of aromatic nitrogens is 4. The number of nitrogen functional groups attached to an aromatic ring is 2. The number of anilines is 2. The standard InChI is InChI=1S/C13H11F3N6/c14-13(15,16)6-22-5-7(4-19-22)11-10-8(17)2-1-3-9(10)20-12(18)21-11/h1-5H,6,17H2,(H2,18,20,21). The number of alkyl halides is 3. The van der Waals surface area contributed by atoms with E-state index in [1.54, 1.807) is 18.2 Å². The van der Waals surface area contributed by atoms with Crippen LogP contribution < -0.4 is 11.5 Å². The van der Waals surface area contributed by atoms with Gasteiger partial charge in [-0.05, 0) is 12.1 Å². The summed E-state index contributed by atoms with van der Waals surface area (Å²) in [5.41, 5.74) is 13.3. The molecule has 1 aromatic carbocycles. The smallest absolute Gasteiger partial charge is 0.398 e. The molecule has 0 radical (unpaired) electrons. The van der Waals surface area contributed by atoms with E-state index in [0.717, 1.165) is 4.68 Å². The molecule has 114 valence electrons. The lowest BCUT2D eigenvalue weighted by atomic mass is 10.1. The lowest BCUT2D eigenvalue weighted by Gasteiger charge is -2.07. The van der Waals surface area contributed by atoms with Crippen LogP contribution in [0, 0.1) is 0 Å². The molecule has 0 spiro atoms. The summed E-state index contributed by atoms with van der Waals surface area (Å²) >= 11 is 0. The van der Waals surface area contributed by atoms with Crippen LogP contribution in [0.3, 0.4) is 0 Å². The highest BCUT2D eigenvalue weighted by Gasteiger charge is 2.28. The highest BCUT2D eigenvalue weighted by atomic mass is 19.4. The second kappa shape index (κ2) is 4.86. The van der Waals surface area contributed by atoms with Crippen molar-refractivity contribution in [2.75, 3.05) is 11.5 Å². The highest BCUT2D eigenvalue weighted by Crippen LogP contribution is 2.31. The number of nitrogens with zero attached hydrogens (tertiary/aromatic N) is 4. The van der Waals surface area contributed by atoms with E-state index in [-0.39, 0.29) is 5.95 Å². The molecular weight excluding hydrogens is 297 g/mol. The normalized spacial score (nSPS) is 12.0. The molecule has 2 aromatic heterocycles. The number of hydrogen-bond donors (Lipinski definition) is 2. The molecule has 0 amide bonds. The molecule has 0 fully saturated rings. The summed E-state index contributed by atoms with van der Waals surface area (Å²) in [6, 6.07) is 5.07. The van der Waals surface area contributed by atoms with Gasteiger partial charge in [0.15, 0.2) is 0 Å².